The number of nitrogens with two attached hydrogens (primary N) is 1. The number of likely N-dealkylation sites (tertiary alicyclic amines) is 1. The number of unbranched alkanes of at least 4 members (excludes halogenated alkanes) is 1. The molecule has 0 radical (unpaired) electrons. The summed E-state index contributed by atoms with van der Waals surface area (Å²) in [5.74, 6) is 1.43. The zero-order valence-electron chi connectivity index (χ0n) is 28.1. The van der Waals surface area contributed by atoms with Gasteiger partial charge in [0, 0.05) is 79.5 Å². The highest BCUT2D eigenvalue weighted by atomic mass is 15.3. The number of pyridine rings is 2. The summed E-state index contributed by atoms with van der Waals surface area (Å²) >= 11 is 0. The number of hydrogen-bond acceptors (Lipinski definition) is 10. The Morgan fingerprint density at radius 1 is 0.674 bits per heavy atom. The molecule has 1 saturated heterocycles. The molecule has 0 bridgehead atoms. The molecule has 0 spiro atoms. The molecule has 1 fully saturated rings. The molecule has 1 aliphatic rings. The number of piperidine rings is 1. The lowest BCUT2D eigenvalue weighted by Crippen LogP contribution is -2.30. The molecule has 10 nitrogen and oxygen atoms in total. The SMILES string of the molecule is Cc1cc(N(C)C)c2cc(N(c3ccc4nc(C)cc(N(C)C)c4c3)c3nc(N)nc(CCCCN4CCCCC4)n3)ccc2n1. The maximum absolute atomic E-state index is 6.39. The van der Waals surface area contributed by atoms with E-state index < -0.39 is 0 Å². The Kier molecular flexibility index (Phi) is 9.17. The average molecular weight is 619 g/mol. The van der Waals surface area contributed by atoms with Crippen LogP contribution in [-0.2, 0) is 6.42 Å². The van der Waals surface area contributed by atoms with E-state index in [9.17, 15) is 0 Å². The van der Waals surface area contributed by atoms with Gasteiger partial charge in [-0.3, -0.25) is 14.9 Å². The van der Waals surface area contributed by atoms with Gasteiger partial charge in [0.25, 0.3) is 0 Å². The van der Waals surface area contributed by atoms with Crippen molar-refractivity contribution in [3.05, 3.63) is 65.7 Å². The van der Waals surface area contributed by atoms with Crippen molar-refractivity contribution in [2.24, 2.45) is 0 Å². The van der Waals surface area contributed by atoms with E-state index in [1.165, 1.54) is 32.4 Å². The molecule has 0 aliphatic carbocycles. The van der Waals surface area contributed by atoms with Crippen LogP contribution in [0.2, 0.25) is 0 Å². The molecule has 1 aliphatic heterocycles. The third-order valence-electron chi connectivity index (χ3n) is 8.74. The monoisotopic (exact) mass is 618 g/mol. The third-order valence-corrected chi connectivity index (χ3v) is 8.74. The lowest BCUT2D eigenvalue weighted by molar-refractivity contribution is 0.225. The van der Waals surface area contributed by atoms with E-state index >= 15 is 0 Å². The van der Waals surface area contributed by atoms with Gasteiger partial charge in [-0.25, -0.2) is 0 Å². The van der Waals surface area contributed by atoms with Crippen molar-refractivity contribution < 1.29 is 0 Å². The summed E-state index contributed by atoms with van der Waals surface area (Å²) in [6, 6.07) is 16.9. The first-order valence-corrected chi connectivity index (χ1v) is 16.4. The molecule has 0 atom stereocenters. The van der Waals surface area contributed by atoms with Crippen LogP contribution >= 0.6 is 0 Å². The Morgan fingerprint density at radius 2 is 1.24 bits per heavy atom. The van der Waals surface area contributed by atoms with E-state index in [1.54, 1.807) is 0 Å². The highest BCUT2D eigenvalue weighted by Gasteiger charge is 2.21. The van der Waals surface area contributed by atoms with Crippen molar-refractivity contribution in [1.82, 2.24) is 29.8 Å². The topological polar surface area (TPSA) is 103 Å². The minimum absolute atomic E-state index is 0.222. The number of hydrogen-bond donors (Lipinski definition) is 1. The molecule has 2 N–H and O–H groups in total. The van der Waals surface area contributed by atoms with Crippen molar-refractivity contribution in [1.29, 1.82) is 0 Å². The number of aromatic nitrogens is 5. The molecule has 5 aromatic rings. The zero-order chi connectivity index (χ0) is 32.4. The molecule has 3 aromatic heterocycles. The molecule has 0 amide bonds. The van der Waals surface area contributed by atoms with Crippen LogP contribution in [0.1, 0.15) is 49.3 Å². The van der Waals surface area contributed by atoms with Gasteiger partial charge >= 0.3 is 0 Å². The molecule has 10 heteroatoms. The van der Waals surface area contributed by atoms with Crippen LogP contribution in [0, 0.1) is 13.8 Å². The summed E-state index contributed by atoms with van der Waals surface area (Å²) in [7, 11) is 8.24. The molecule has 46 heavy (non-hydrogen) atoms. The van der Waals surface area contributed by atoms with Gasteiger partial charge in [0.05, 0.1) is 11.0 Å². The minimum atomic E-state index is 0.222. The fourth-order valence-corrected chi connectivity index (χ4v) is 6.49. The molecular weight excluding hydrogens is 572 g/mol. The van der Waals surface area contributed by atoms with Crippen LogP contribution in [0.5, 0.6) is 0 Å². The number of nitrogens with zero attached hydrogens (tertiary/aromatic N) is 9. The van der Waals surface area contributed by atoms with Gasteiger partial charge in [0.2, 0.25) is 11.9 Å². The number of fused-ring (bicyclic) bond motifs is 2. The Bertz CT molecular complexity index is 1750. The highest BCUT2D eigenvalue weighted by molar-refractivity contribution is 5.98. The largest absolute Gasteiger partial charge is 0.377 e. The smallest absolute Gasteiger partial charge is 0.239 e. The summed E-state index contributed by atoms with van der Waals surface area (Å²) in [6.07, 6.45) is 6.83. The lowest BCUT2D eigenvalue weighted by Gasteiger charge is -2.26. The van der Waals surface area contributed by atoms with Crippen LogP contribution in [-0.4, -0.2) is 77.6 Å². The first-order chi connectivity index (χ1) is 22.2. The Labute approximate surface area is 272 Å². The van der Waals surface area contributed by atoms with Crippen LogP contribution in [0.4, 0.5) is 34.6 Å². The van der Waals surface area contributed by atoms with Crippen LogP contribution in [0.25, 0.3) is 21.8 Å². The van der Waals surface area contributed by atoms with E-state index in [-0.39, 0.29) is 5.95 Å². The number of rotatable bonds is 10. The second kappa shape index (κ2) is 13.4. The van der Waals surface area contributed by atoms with Gasteiger partial charge in [0.15, 0.2) is 0 Å². The predicted molar refractivity (Wildman–Crippen MR) is 191 cm³/mol. The maximum atomic E-state index is 6.39. The Morgan fingerprint density at radius 3 is 1.78 bits per heavy atom. The van der Waals surface area contributed by atoms with Crippen molar-refractivity contribution in [2.75, 3.05) is 68.3 Å². The van der Waals surface area contributed by atoms with E-state index in [0.717, 1.165) is 81.8 Å². The first kappa shape index (κ1) is 31.4. The summed E-state index contributed by atoms with van der Waals surface area (Å²) in [5.41, 5.74) is 14.2. The van der Waals surface area contributed by atoms with Gasteiger partial charge < -0.3 is 20.4 Å². The maximum Gasteiger partial charge on any atom is 0.239 e. The third kappa shape index (κ3) is 6.82. The highest BCUT2D eigenvalue weighted by Crippen LogP contribution is 2.39. The second-order valence-corrected chi connectivity index (χ2v) is 12.9. The van der Waals surface area contributed by atoms with Crippen LogP contribution in [0.3, 0.4) is 0 Å². The van der Waals surface area contributed by atoms with Crippen molar-refractivity contribution in [2.45, 2.75) is 52.4 Å². The van der Waals surface area contributed by atoms with E-state index in [2.05, 4.69) is 101 Å². The van der Waals surface area contributed by atoms with Gasteiger partial charge in [-0.05, 0) is 108 Å². The molecule has 0 saturated carbocycles. The summed E-state index contributed by atoms with van der Waals surface area (Å²) in [5, 5.41) is 2.09. The van der Waals surface area contributed by atoms with Gasteiger partial charge in [-0.15, -0.1) is 0 Å². The van der Waals surface area contributed by atoms with E-state index in [1.807, 2.05) is 13.8 Å². The average Bonchev–Trinajstić information content (AvgIpc) is 3.03. The zero-order valence-corrected chi connectivity index (χ0v) is 28.1. The van der Waals surface area contributed by atoms with Crippen LogP contribution in [0.15, 0.2) is 48.5 Å². The fourth-order valence-electron chi connectivity index (χ4n) is 6.49. The number of nitrogen functional groups attached to an aromatic ring is 1. The Balaban J connectivity index is 1.44. The molecule has 6 rings (SSSR count). The van der Waals surface area contributed by atoms with Gasteiger partial charge in [-0.2, -0.15) is 15.0 Å². The molecule has 4 heterocycles. The molecule has 2 aromatic carbocycles. The van der Waals surface area contributed by atoms with Gasteiger partial charge in [0.1, 0.15) is 5.82 Å². The van der Waals surface area contributed by atoms with Crippen molar-refractivity contribution in [3.63, 3.8) is 0 Å². The van der Waals surface area contributed by atoms with Gasteiger partial charge in [-0.1, -0.05) is 6.42 Å². The van der Waals surface area contributed by atoms with Crippen molar-refractivity contribution in [3.8, 4) is 0 Å². The van der Waals surface area contributed by atoms with Crippen LogP contribution < -0.4 is 20.4 Å². The summed E-state index contributed by atoms with van der Waals surface area (Å²) < 4.78 is 0. The quantitative estimate of drug-likeness (QED) is 0.173. The molecule has 240 valence electrons. The lowest BCUT2D eigenvalue weighted by atomic mass is 10.1. The number of anilines is 6. The summed E-state index contributed by atoms with van der Waals surface area (Å²) in [4.78, 5) is 32.9. The fraction of sp³-hybridized carbons (Fsp3) is 0.417. The number of benzene rings is 2. The predicted octanol–water partition coefficient (Wildman–Crippen LogP) is 6.58. The standard InChI is InChI=1S/C36H46N10/c1-24-20-32(43(3)4)28-22-26(13-15-30(28)38-24)46(27-14-16-31-29(23-27)33(44(5)6)21-25(2)39-31)36-41-34(40-35(37)42-36)12-8-11-19-45-17-9-7-10-18-45/h13-16,20-23H,7-12,17-19H2,1-6H3,(H2,37,40,41,42). The Hall–Kier alpha value is -4.57. The minimum Gasteiger partial charge on any atom is -0.377 e. The molecular formula is C36H46N10. The normalized spacial score (nSPS) is 13.8. The van der Waals surface area contributed by atoms with E-state index in [4.69, 9.17) is 25.7 Å². The molecule has 0 unspecified atom stereocenters. The first-order valence-electron chi connectivity index (χ1n) is 16.4. The second-order valence-electron chi connectivity index (χ2n) is 12.9. The van der Waals surface area contributed by atoms with Crippen molar-refractivity contribution >= 4 is 56.5 Å². The summed E-state index contributed by atoms with van der Waals surface area (Å²) in [6.45, 7) is 7.61. The number of aryl methyl sites for hydroxylation is 3. The van der Waals surface area contributed by atoms with E-state index in [0.29, 0.717) is 11.8 Å².